The van der Waals surface area contributed by atoms with Crippen molar-refractivity contribution in [3.8, 4) is 12.3 Å². The summed E-state index contributed by atoms with van der Waals surface area (Å²) in [6.45, 7) is 3.07. The number of rotatable bonds is 5. The standard InChI is InChI=1S/C17H19N/c1-3-8-16(18-4-2)13-15-11-7-10-14-9-5-6-12-17(14)15/h1,5-7,9-12,16,18H,4,8,13H2,2H3. The van der Waals surface area contributed by atoms with Crippen molar-refractivity contribution in [3.05, 3.63) is 48.0 Å². The molecule has 0 radical (unpaired) electrons. The van der Waals surface area contributed by atoms with Crippen molar-refractivity contribution in [1.82, 2.24) is 5.32 Å². The van der Waals surface area contributed by atoms with Crippen molar-refractivity contribution >= 4 is 10.8 Å². The van der Waals surface area contributed by atoms with Gasteiger partial charge in [0.15, 0.2) is 0 Å². The first-order valence-electron chi connectivity index (χ1n) is 6.48. The molecule has 1 nitrogen and oxygen atoms in total. The molecule has 1 atom stereocenters. The van der Waals surface area contributed by atoms with Gasteiger partial charge in [-0.25, -0.2) is 0 Å². The number of likely N-dealkylation sites (N-methyl/N-ethyl adjacent to an activating group) is 1. The molecular weight excluding hydrogens is 218 g/mol. The van der Waals surface area contributed by atoms with Crippen LogP contribution in [0, 0.1) is 12.3 Å². The predicted molar refractivity (Wildman–Crippen MR) is 78.6 cm³/mol. The van der Waals surface area contributed by atoms with Crippen molar-refractivity contribution in [1.29, 1.82) is 0 Å². The van der Waals surface area contributed by atoms with Gasteiger partial charge in [-0.3, -0.25) is 0 Å². The van der Waals surface area contributed by atoms with Crippen molar-refractivity contribution in [2.24, 2.45) is 0 Å². The zero-order valence-electron chi connectivity index (χ0n) is 10.8. The minimum Gasteiger partial charge on any atom is -0.313 e. The fraction of sp³-hybridized carbons (Fsp3) is 0.294. The molecule has 2 rings (SSSR count). The van der Waals surface area contributed by atoms with Crippen molar-refractivity contribution in [2.45, 2.75) is 25.8 Å². The quantitative estimate of drug-likeness (QED) is 0.786. The number of hydrogen-bond acceptors (Lipinski definition) is 1. The Labute approximate surface area is 109 Å². The molecule has 0 fully saturated rings. The maximum atomic E-state index is 5.44. The van der Waals surface area contributed by atoms with Gasteiger partial charge in [0.25, 0.3) is 0 Å². The summed E-state index contributed by atoms with van der Waals surface area (Å²) < 4.78 is 0. The van der Waals surface area contributed by atoms with Crippen LogP contribution < -0.4 is 5.32 Å². The molecule has 1 N–H and O–H groups in total. The third-order valence-corrected chi connectivity index (χ3v) is 3.20. The highest BCUT2D eigenvalue weighted by Crippen LogP contribution is 2.20. The zero-order chi connectivity index (χ0) is 12.8. The van der Waals surface area contributed by atoms with E-state index in [4.69, 9.17) is 6.42 Å². The molecule has 0 saturated carbocycles. The highest BCUT2D eigenvalue weighted by Gasteiger charge is 2.08. The van der Waals surface area contributed by atoms with Crippen LogP contribution in [-0.2, 0) is 6.42 Å². The first-order valence-corrected chi connectivity index (χ1v) is 6.48. The van der Waals surface area contributed by atoms with Gasteiger partial charge in [-0.1, -0.05) is 49.4 Å². The van der Waals surface area contributed by atoms with Gasteiger partial charge >= 0.3 is 0 Å². The summed E-state index contributed by atoms with van der Waals surface area (Å²) in [5.41, 5.74) is 1.37. The van der Waals surface area contributed by atoms with Gasteiger partial charge in [0.2, 0.25) is 0 Å². The third kappa shape index (κ3) is 2.91. The maximum absolute atomic E-state index is 5.44. The first kappa shape index (κ1) is 12.7. The fourth-order valence-corrected chi connectivity index (χ4v) is 2.38. The molecule has 1 heteroatoms. The number of nitrogens with one attached hydrogen (secondary N) is 1. The third-order valence-electron chi connectivity index (χ3n) is 3.20. The van der Waals surface area contributed by atoms with E-state index in [0.717, 1.165) is 19.4 Å². The summed E-state index contributed by atoms with van der Waals surface area (Å²) in [6, 6.07) is 15.4. The minimum absolute atomic E-state index is 0.366. The average molecular weight is 237 g/mol. The van der Waals surface area contributed by atoms with Gasteiger partial charge in [-0.2, -0.15) is 0 Å². The van der Waals surface area contributed by atoms with Crippen LogP contribution in [0.5, 0.6) is 0 Å². The van der Waals surface area contributed by atoms with Crippen LogP contribution in [0.2, 0.25) is 0 Å². The lowest BCUT2D eigenvalue weighted by Crippen LogP contribution is -2.30. The van der Waals surface area contributed by atoms with Crippen LogP contribution >= 0.6 is 0 Å². The van der Waals surface area contributed by atoms with E-state index in [-0.39, 0.29) is 0 Å². The molecule has 0 spiro atoms. The average Bonchev–Trinajstić information content (AvgIpc) is 2.40. The van der Waals surface area contributed by atoms with Gasteiger partial charge in [-0.05, 0) is 29.3 Å². The Balaban J connectivity index is 2.27. The number of terminal acetylenes is 1. The van der Waals surface area contributed by atoms with E-state index in [1.807, 2.05) is 0 Å². The Hall–Kier alpha value is -1.78. The van der Waals surface area contributed by atoms with Crippen LogP contribution in [0.4, 0.5) is 0 Å². The normalized spacial score (nSPS) is 12.2. The smallest absolute Gasteiger partial charge is 0.0243 e. The summed E-state index contributed by atoms with van der Waals surface area (Å²) in [5, 5.41) is 6.08. The first-order chi connectivity index (χ1) is 8.85. The molecule has 0 heterocycles. The Morgan fingerprint density at radius 3 is 2.72 bits per heavy atom. The van der Waals surface area contributed by atoms with Gasteiger partial charge in [0, 0.05) is 12.5 Å². The Bertz CT molecular complexity index is 546. The highest BCUT2D eigenvalue weighted by atomic mass is 14.9. The summed E-state index contributed by atoms with van der Waals surface area (Å²) in [4.78, 5) is 0. The Morgan fingerprint density at radius 1 is 1.17 bits per heavy atom. The molecule has 92 valence electrons. The summed E-state index contributed by atoms with van der Waals surface area (Å²) in [7, 11) is 0. The van der Waals surface area contributed by atoms with Crippen LogP contribution in [0.1, 0.15) is 18.9 Å². The minimum atomic E-state index is 0.366. The maximum Gasteiger partial charge on any atom is 0.0243 e. The van der Waals surface area contributed by atoms with Gasteiger partial charge in [0.05, 0.1) is 0 Å². The predicted octanol–water partition coefficient (Wildman–Crippen LogP) is 3.38. The number of hydrogen-bond donors (Lipinski definition) is 1. The second kappa shape index (κ2) is 6.23. The van der Waals surface area contributed by atoms with Crippen molar-refractivity contribution < 1.29 is 0 Å². The van der Waals surface area contributed by atoms with E-state index in [0.29, 0.717) is 6.04 Å². The molecule has 0 aliphatic rings. The topological polar surface area (TPSA) is 12.0 Å². The van der Waals surface area contributed by atoms with Crippen LogP contribution in [0.25, 0.3) is 10.8 Å². The lowest BCUT2D eigenvalue weighted by atomic mass is 9.97. The molecule has 0 aromatic heterocycles. The summed E-state index contributed by atoms with van der Waals surface area (Å²) >= 11 is 0. The van der Waals surface area contributed by atoms with Crippen LogP contribution in [0.15, 0.2) is 42.5 Å². The van der Waals surface area contributed by atoms with Crippen LogP contribution in [-0.4, -0.2) is 12.6 Å². The van der Waals surface area contributed by atoms with Gasteiger partial charge in [0.1, 0.15) is 0 Å². The van der Waals surface area contributed by atoms with Gasteiger partial charge < -0.3 is 5.32 Å². The molecule has 0 bridgehead atoms. The summed E-state index contributed by atoms with van der Waals surface area (Å²) in [6.07, 6.45) is 7.20. The fourth-order valence-electron chi connectivity index (χ4n) is 2.38. The van der Waals surface area contributed by atoms with Crippen LogP contribution in [0.3, 0.4) is 0 Å². The number of fused-ring (bicyclic) bond motifs is 1. The van der Waals surface area contributed by atoms with Crippen molar-refractivity contribution in [2.75, 3.05) is 6.54 Å². The molecule has 2 aromatic rings. The molecule has 0 saturated heterocycles. The van der Waals surface area contributed by atoms with Gasteiger partial charge in [-0.15, -0.1) is 12.3 Å². The molecular formula is C17H19N. The van der Waals surface area contributed by atoms with E-state index in [9.17, 15) is 0 Å². The monoisotopic (exact) mass is 237 g/mol. The summed E-state index contributed by atoms with van der Waals surface area (Å²) in [5.74, 6) is 2.76. The zero-order valence-corrected chi connectivity index (χ0v) is 10.8. The second-order valence-corrected chi connectivity index (χ2v) is 4.51. The molecule has 0 amide bonds. The molecule has 0 aliphatic carbocycles. The Morgan fingerprint density at radius 2 is 1.94 bits per heavy atom. The van der Waals surface area contributed by atoms with E-state index < -0.39 is 0 Å². The lowest BCUT2D eigenvalue weighted by molar-refractivity contribution is 0.536. The number of benzene rings is 2. The van der Waals surface area contributed by atoms with Crippen molar-refractivity contribution in [3.63, 3.8) is 0 Å². The highest BCUT2D eigenvalue weighted by molar-refractivity contribution is 5.85. The molecule has 2 aromatic carbocycles. The van der Waals surface area contributed by atoms with E-state index in [2.05, 4.69) is 60.6 Å². The van der Waals surface area contributed by atoms with E-state index in [1.165, 1.54) is 16.3 Å². The molecule has 0 aliphatic heterocycles. The molecule has 18 heavy (non-hydrogen) atoms. The second-order valence-electron chi connectivity index (χ2n) is 4.51. The SMILES string of the molecule is C#CCC(Cc1cccc2ccccc12)NCC. The largest absolute Gasteiger partial charge is 0.313 e. The lowest BCUT2D eigenvalue weighted by Gasteiger charge is -2.16. The Kier molecular flexibility index (Phi) is 4.39. The van der Waals surface area contributed by atoms with E-state index >= 15 is 0 Å². The van der Waals surface area contributed by atoms with E-state index in [1.54, 1.807) is 0 Å². The molecule has 1 unspecified atom stereocenters.